The van der Waals surface area contributed by atoms with Crippen molar-refractivity contribution in [1.82, 2.24) is 39.9 Å². The summed E-state index contributed by atoms with van der Waals surface area (Å²) >= 11 is 0. The van der Waals surface area contributed by atoms with Gasteiger partial charge in [0.15, 0.2) is 5.82 Å². The number of ether oxygens (including phenoxy) is 1. The molecule has 0 unspecified atom stereocenters. The molecule has 4 aromatic heterocycles. The highest BCUT2D eigenvalue weighted by Gasteiger charge is 2.18. The molecule has 1 aliphatic rings. The molecule has 0 amide bonds. The molecule has 0 aliphatic carbocycles. The zero-order chi connectivity index (χ0) is 32.9. The number of imidazole rings is 1. The van der Waals surface area contributed by atoms with Gasteiger partial charge in [0.25, 0.3) is 0 Å². The first kappa shape index (κ1) is 31.8. The summed E-state index contributed by atoms with van der Waals surface area (Å²) in [6, 6.07) is 14.4. The maximum atomic E-state index is 14.8. The molecule has 0 spiro atoms. The molecule has 1 aliphatic heterocycles. The topological polar surface area (TPSA) is 98.9 Å². The molecular formula is C36H37F3N8O. The predicted octanol–water partition coefficient (Wildman–Crippen LogP) is 6.98. The summed E-state index contributed by atoms with van der Waals surface area (Å²) < 4.78 is 46.7. The largest absolute Gasteiger partial charge is 0.492 e. The lowest BCUT2D eigenvalue weighted by molar-refractivity contribution is 0.229. The summed E-state index contributed by atoms with van der Waals surface area (Å²) in [5, 5.41) is 8.43. The smallest absolute Gasteiger partial charge is 0.159 e. The number of aromatic nitrogens is 6. The minimum atomic E-state index is -0.499. The molecule has 2 aromatic carbocycles. The highest BCUT2D eigenvalue weighted by Crippen LogP contribution is 2.34. The Morgan fingerprint density at radius 1 is 0.917 bits per heavy atom. The Bertz CT molecular complexity index is 2000. The van der Waals surface area contributed by atoms with Crippen LogP contribution in [0.1, 0.15) is 24.8 Å². The molecule has 0 bridgehead atoms. The quantitative estimate of drug-likeness (QED) is 0.131. The van der Waals surface area contributed by atoms with Gasteiger partial charge in [-0.05, 0) is 73.8 Å². The van der Waals surface area contributed by atoms with E-state index < -0.39 is 13.3 Å². The van der Waals surface area contributed by atoms with Crippen molar-refractivity contribution in [2.45, 2.75) is 25.8 Å². The normalized spacial score (nSPS) is 13.8. The Hall–Kier alpha value is -4.81. The van der Waals surface area contributed by atoms with Crippen LogP contribution in [0.5, 0.6) is 5.75 Å². The second kappa shape index (κ2) is 14.5. The number of para-hydroxylation sites is 1. The Kier molecular flexibility index (Phi) is 9.62. The van der Waals surface area contributed by atoms with Crippen molar-refractivity contribution in [3.8, 4) is 39.7 Å². The highest BCUT2D eigenvalue weighted by molar-refractivity contribution is 5.97. The number of alkyl halides is 2. The van der Waals surface area contributed by atoms with E-state index in [2.05, 4.69) is 30.0 Å². The van der Waals surface area contributed by atoms with E-state index in [0.29, 0.717) is 60.2 Å². The minimum Gasteiger partial charge on any atom is -0.492 e. The van der Waals surface area contributed by atoms with Gasteiger partial charge < -0.3 is 9.72 Å². The zero-order valence-corrected chi connectivity index (χ0v) is 26.6. The molecule has 7 rings (SSSR count). The molecule has 0 saturated carbocycles. The molecule has 0 atom stereocenters. The fourth-order valence-electron chi connectivity index (χ4n) is 6.38. The summed E-state index contributed by atoms with van der Waals surface area (Å²) in [6.45, 7) is 3.72. The fraction of sp³-hybridized carbons (Fsp3) is 0.333. The monoisotopic (exact) mass is 654 g/mol. The summed E-state index contributed by atoms with van der Waals surface area (Å²) in [5.74, 6) is 0.674. The van der Waals surface area contributed by atoms with Crippen molar-refractivity contribution in [3.05, 3.63) is 78.5 Å². The number of hydrogen-bond donors (Lipinski definition) is 2. The Morgan fingerprint density at radius 3 is 2.67 bits per heavy atom. The predicted molar refractivity (Wildman–Crippen MR) is 181 cm³/mol. The number of rotatable bonds is 14. The number of benzene rings is 2. The maximum absolute atomic E-state index is 14.8. The van der Waals surface area contributed by atoms with Crippen molar-refractivity contribution in [2.24, 2.45) is 0 Å². The number of likely N-dealkylation sites (tertiary alicyclic amines) is 1. The third-order valence-corrected chi connectivity index (χ3v) is 8.75. The molecule has 248 valence electrons. The lowest BCUT2D eigenvalue weighted by Gasteiger charge is -2.20. The molecule has 9 nitrogen and oxygen atoms in total. The maximum Gasteiger partial charge on any atom is 0.159 e. The first-order chi connectivity index (χ1) is 23.6. The van der Waals surface area contributed by atoms with E-state index in [0.717, 1.165) is 52.7 Å². The number of hydrogen-bond acceptors (Lipinski definition) is 7. The van der Waals surface area contributed by atoms with Crippen LogP contribution in [0.4, 0.5) is 13.2 Å². The van der Waals surface area contributed by atoms with Gasteiger partial charge in [-0.15, -0.1) is 0 Å². The Morgan fingerprint density at radius 2 is 1.81 bits per heavy atom. The van der Waals surface area contributed by atoms with Crippen molar-refractivity contribution < 1.29 is 17.9 Å². The number of H-pyrrole nitrogens is 2. The number of halogens is 3. The Labute approximate surface area is 276 Å². The van der Waals surface area contributed by atoms with E-state index in [4.69, 9.17) is 9.72 Å². The van der Waals surface area contributed by atoms with Crippen LogP contribution in [0.25, 0.3) is 55.8 Å². The van der Waals surface area contributed by atoms with Gasteiger partial charge in [0, 0.05) is 61.2 Å². The van der Waals surface area contributed by atoms with Crippen LogP contribution >= 0.6 is 0 Å². The second-order valence-electron chi connectivity index (χ2n) is 12.1. The van der Waals surface area contributed by atoms with E-state index in [1.165, 1.54) is 25.0 Å². The SMILES string of the molecule is FCCCN(CCF)Cc1cncc(-c2cc3c(-c4nc5c(-c6cc(F)cc(OCCN7CCCC7)c6)cccc5[nH]4)n[nH]c3cn2)c1. The molecule has 1 saturated heterocycles. The van der Waals surface area contributed by atoms with Crippen LogP contribution < -0.4 is 4.74 Å². The number of nitrogens with zero attached hydrogens (tertiary/aromatic N) is 6. The second-order valence-corrected chi connectivity index (χ2v) is 12.1. The van der Waals surface area contributed by atoms with Crippen molar-refractivity contribution in [3.63, 3.8) is 0 Å². The van der Waals surface area contributed by atoms with E-state index in [1.54, 1.807) is 18.6 Å². The van der Waals surface area contributed by atoms with Gasteiger partial charge in [-0.3, -0.25) is 29.3 Å². The van der Waals surface area contributed by atoms with Gasteiger partial charge in [0.1, 0.15) is 30.5 Å². The molecule has 12 heteroatoms. The van der Waals surface area contributed by atoms with Gasteiger partial charge in [0.2, 0.25) is 0 Å². The van der Waals surface area contributed by atoms with Crippen molar-refractivity contribution >= 4 is 21.9 Å². The van der Waals surface area contributed by atoms with Crippen LogP contribution in [0.15, 0.2) is 67.1 Å². The van der Waals surface area contributed by atoms with Gasteiger partial charge in [-0.1, -0.05) is 12.1 Å². The van der Waals surface area contributed by atoms with E-state index in [9.17, 15) is 13.2 Å². The molecule has 0 radical (unpaired) electrons. The van der Waals surface area contributed by atoms with Gasteiger partial charge in [-0.25, -0.2) is 13.8 Å². The minimum absolute atomic E-state index is 0.235. The number of fused-ring (bicyclic) bond motifs is 2. The van der Waals surface area contributed by atoms with Gasteiger partial charge in [0.05, 0.1) is 35.1 Å². The number of pyridine rings is 2. The third-order valence-electron chi connectivity index (χ3n) is 8.75. The fourth-order valence-corrected chi connectivity index (χ4v) is 6.38. The average molecular weight is 655 g/mol. The van der Waals surface area contributed by atoms with Crippen LogP contribution in [0.2, 0.25) is 0 Å². The molecule has 2 N–H and O–H groups in total. The molecule has 1 fully saturated rings. The van der Waals surface area contributed by atoms with E-state index in [1.807, 2.05) is 41.3 Å². The Balaban J connectivity index is 1.16. The van der Waals surface area contributed by atoms with Crippen molar-refractivity contribution in [2.75, 3.05) is 52.7 Å². The van der Waals surface area contributed by atoms with Crippen LogP contribution in [-0.2, 0) is 6.54 Å². The summed E-state index contributed by atoms with van der Waals surface area (Å²) in [7, 11) is 0. The lowest BCUT2D eigenvalue weighted by Crippen LogP contribution is -2.27. The molecule has 6 aromatic rings. The highest BCUT2D eigenvalue weighted by atomic mass is 19.1. The number of nitrogens with one attached hydrogen (secondary N) is 2. The van der Waals surface area contributed by atoms with Crippen LogP contribution in [0.3, 0.4) is 0 Å². The average Bonchev–Trinajstić information content (AvgIpc) is 3.87. The van der Waals surface area contributed by atoms with E-state index in [-0.39, 0.29) is 12.4 Å². The zero-order valence-electron chi connectivity index (χ0n) is 26.6. The summed E-state index contributed by atoms with van der Waals surface area (Å²) in [6.07, 6.45) is 7.97. The van der Waals surface area contributed by atoms with Crippen LogP contribution in [-0.4, -0.2) is 92.6 Å². The summed E-state index contributed by atoms with van der Waals surface area (Å²) in [4.78, 5) is 21.6. The van der Waals surface area contributed by atoms with Gasteiger partial charge >= 0.3 is 0 Å². The van der Waals surface area contributed by atoms with Gasteiger partial charge in [-0.2, -0.15) is 5.10 Å². The van der Waals surface area contributed by atoms with Crippen molar-refractivity contribution in [1.29, 1.82) is 0 Å². The molecule has 5 heterocycles. The van der Waals surface area contributed by atoms with E-state index >= 15 is 0 Å². The molecular weight excluding hydrogens is 617 g/mol. The van der Waals surface area contributed by atoms with Crippen LogP contribution in [0, 0.1) is 5.82 Å². The first-order valence-electron chi connectivity index (χ1n) is 16.4. The molecule has 48 heavy (non-hydrogen) atoms. The standard InChI is InChI=1S/C36H37F3N8O/c37-7-4-11-47(12-8-38)23-24-15-26(21-40-20-24)32-19-30-33(22-41-32)44-45-35(30)36-42-31-6-3-5-29(34(31)43-36)25-16-27(39)18-28(17-25)48-14-13-46-9-1-2-10-46/h3,5-6,15-22H,1-2,4,7-14,23H2,(H,42,43)(H,44,45). The number of aromatic amines is 2. The first-order valence-corrected chi connectivity index (χ1v) is 16.4. The summed E-state index contributed by atoms with van der Waals surface area (Å²) in [5.41, 5.74) is 6.65. The third kappa shape index (κ3) is 7.04. The lowest BCUT2D eigenvalue weighted by atomic mass is 10.0.